The molecule has 2 nitrogen and oxygen atoms in total. The van der Waals surface area contributed by atoms with Crippen LogP contribution in [0.15, 0.2) is 42.5 Å². The fourth-order valence-electron chi connectivity index (χ4n) is 1.17. The van der Waals surface area contributed by atoms with Crippen LogP contribution in [-0.4, -0.2) is 17.0 Å². The third-order valence-corrected chi connectivity index (χ3v) is 2.12. The third-order valence-electron chi connectivity index (χ3n) is 2.12. The van der Waals surface area contributed by atoms with Crippen LogP contribution in [0.3, 0.4) is 0 Å². The smallest absolute Gasteiger partial charge is 0.191 e. The second-order valence-electron chi connectivity index (χ2n) is 3.14. The normalized spacial score (nSPS) is 12.1. The first-order valence-electron chi connectivity index (χ1n) is 4.63. The van der Waals surface area contributed by atoms with Gasteiger partial charge in [0.15, 0.2) is 5.78 Å². The first-order chi connectivity index (χ1) is 6.66. The van der Waals surface area contributed by atoms with E-state index in [1.165, 1.54) is 0 Å². The van der Waals surface area contributed by atoms with Gasteiger partial charge in [-0.2, -0.15) is 0 Å². The molecule has 0 saturated carbocycles. The molecular formula is C12H14O2. The van der Waals surface area contributed by atoms with Crippen LogP contribution in [0.25, 0.3) is 0 Å². The summed E-state index contributed by atoms with van der Waals surface area (Å²) in [5, 5.41) is 9.44. The van der Waals surface area contributed by atoms with Crippen molar-refractivity contribution >= 4 is 5.78 Å². The number of rotatable bonds is 4. The van der Waals surface area contributed by atoms with Gasteiger partial charge in [0.25, 0.3) is 0 Å². The molecule has 1 aromatic carbocycles. The van der Waals surface area contributed by atoms with Crippen molar-refractivity contribution in [3.63, 3.8) is 0 Å². The van der Waals surface area contributed by atoms with Crippen LogP contribution in [0.5, 0.6) is 0 Å². The van der Waals surface area contributed by atoms with Crippen LogP contribution in [0.4, 0.5) is 0 Å². The number of carbonyl (C=O) groups is 1. The molecule has 14 heavy (non-hydrogen) atoms. The average molecular weight is 190 g/mol. The van der Waals surface area contributed by atoms with Crippen molar-refractivity contribution in [2.75, 3.05) is 0 Å². The molecule has 2 heteroatoms. The van der Waals surface area contributed by atoms with Crippen LogP contribution >= 0.6 is 0 Å². The highest BCUT2D eigenvalue weighted by molar-refractivity contribution is 6.08. The molecule has 0 radical (unpaired) electrons. The molecular weight excluding hydrogens is 176 g/mol. The Morgan fingerprint density at radius 2 is 2.00 bits per heavy atom. The fourth-order valence-corrected chi connectivity index (χ4v) is 1.17. The highest BCUT2D eigenvalue weighted by Gasteiger charge is 2.15. The molecule has 1 rings (SSSR count). The quantitative estimate of drug-likeness (QED) is 0.583. The Labute approximate surface area is 83.9 Å². The van der Waals surface area contributed by atoms with Crippen LogP contribution in [0, 0.1) is 0 Å². The van der Waals surface area contributed by atoms with E-state index >= 15 is 0 Å². The SMILES string of the molecule is C=C(C(=O)c1ccccc1)C(O)CC. The lowest BCUT2D eigenvalue weighted by Crippen LogP contribution is -2.16. The number of hydrogen-bond donors (Lipinski definition) is 1. The molecule has 0 aromatic heterocycles. The molecule has 0 aliphatic carbocycles. The summed E-state index contributed by atoms with van der Waals surface area (Å²) >= 11 is 0. The van der Waals surface area contributed by atoms with E-state index in [9.17, 15) is 9.90 Å². The van der Waals surface area contributed by atoms with Crippen LogP contribution in [-0.2, 0) is 0 Å². The molecule has 0 saturated heterocycles. The zero-order chi connectivity index (χ0) is 10.6. The second-order valence-corrected chi connectivity index (χ2v) is 3.14. The van der Waals surface area contributed by atoms with E-state index < -0.39 is 6.10 Å². The van der Waals surface area contributed by atoms with Crippen LogP contribution in [0.1, 0.15) is 23.7 Å². The number of hydrogen-bond acceptors (Lipinski definition) is 2. The second kappa shape index (κ2) is 4.72. The van der Waals surface area contributed by atoms with Crippen molar-refractivity contribution in [1.82, 2.24) is 0 Å². The van der Waals surface area contributed by atoms with Gasteiger partial charge >= 0.3 is 0 Å². The zero-order valence-corrected chi connectivity index (χ0v) is 8.23. The van der Waals surface area contributed by atoms with Crippen molar-refractivity contribution < 1.29 is 9.90 Å². The lowest BCUT2D eigenvalue weighted by Gasteiger charge is -2.09. The molecule has 0 heterocycles. The molecule has 74 valence electrons. The Kier molecular flexibility index (Phi) is 3.60. The highest BCUT2D eigenvalue weighted by Crippen LogP contribution is 2.11. The lowest BCUT2D eigenvalue weighted by atomic mass is 9.99. The minimum Gasteiger partial charge on any atom is -0.388 e. The lowest BCUT2D eigenvalue weighted by molar-refractivity contribution is 0.0986. The fraction of sp³-hybridized carbons (Fsp3) is 0.250. The maximum atomic E-state index is 11.7. The van der Waals surface area contributed by atoms with Gasteiger partial charge in [0.05, 0.1) is 6.10 Å². The summed E-state index contributed by atoms with van der Waals surface area (Å²) < 4.78 is 0. The van der Waals surface area contributed by atoms with E-state index in [0.717, 1.165) is 0 Å². The Morgan fingerprint density at radius 1 is 1.43 bits per heavy atom. The molecule has 0 aliphatic rings. The standard InChI is InChI=1S/C12H14O2/c1-3-11(13)9(2)12(14)10-7-5-4-6-8-10/h4-8,11,13H,2-3H2,1H3. The number of carbonyl (C=O) groups excluding carboxylic acids is 1. The molecule has 1 N–H and O–H groups in total. The van der Waals surface area contributed by atoms with Gasteiger partial charge in [-0.05, 0) is 6.42 Å². The number of Topliss-reactive ketones (excluding diaryl/α,β-unsaturated/α-hetero) is 1. The third kappa shape index (κ3) is 2.30. The van der Waals surface area contributed by atoms with E-state index in [1.807, 2.05) is 13.0 Å². The van der Waals surface area contributed by atoms with E-state index in [4.69, 9.17) is 0 Å². The Morgan fingerprint density at radius 3 is 2.50 bits per heavy atom. The first kappa shape index (κ1) is 10.7. The number of aliphatic hydroxyl groups excluding tert-OH is 1. The molecule has 0 fully saturated rings. The van der Waals surface area contributed by atoms with Crippen LogP contribution < -0.4 is 0 Å². The monoisotopic (exact) mass is 190 g/mol. The molecule has 1 aromatic rings. The summed E-state index contributed by atoms with van der Waals surface area (Å²) in [7, 11) is 0. The summed E-state index contributed by atoms with van der Waals surface area (Å²) in [4.78, 5) is 11.7. The maximum Gasteiger partial charge on any atom is 0.191 e. The Balaban J connectivity index is 2.82. The zero-order valence-electron chi connectivity index (χ0n) is 8.23. The Hall–Kier alpha value is -1.41. The molecule has 0 aliphatic heterocycles. The highest BCUT2D eigenvalue weighted by atomic mass is 16.3. The summed E-state index contributed by atoms with van der Waals surface area (Å²) in [5.41, 5.74) is 0.837. The van der Waals surface area contributed by atoms with Gasteiger partial charge in [0.2, 0.25) is 0 Å². The van der Waals surface area contributed by atoms with Crippen molar-refractivity contribution in [2.24, 2.45) is 0 Å². The maximum absolute atomic E-state index is 11.7. The van der Waals surface area contributed by atoms with Crippen LogP contribution in [0.2, 0.25) is 0 Å². The largest absolute Gasteiger partial charge is 0.388 e. The van der Waals surface area contributed by atoms with E-state index in [1.54, 1.807) is 24.3 Å². The average Bonchev–Trinajstić information content (AvgIpc) is 2.27. The number of ketones is 1. The summed E-state index contributed by atoms with van der Waals surface area (Å²) in [5.74, 6) is -0.181. The summed E-state index contributed by atoms with van der Waals surface area (Å²) in [6, 6.07) is 8.86. The van der Waals surface area contributed by atoms with E-state index in [-0.39, 0.29) is 11.4 Å². The van der Waals surface area contributed by atoms with Crippen molar-refractivity contribution in [1.29, 1.82) is 0 Å². The van der Waals surface area contributed by atoms with Gasteiger partial charge in [-0.25, -0.2) is 0 Å². The number of aliphatic hydroxyl groups is 1. The van der Waals surface area contributed by atoms with Crippen molar-refractivity contribution in [2.45, 2.75) is 19.4 Å². The summed E-state index contributed by atoms with van der Waals surface area (Å²) in [6.07, 6.45) is -0.222. The van der Waals surface area contributed by atoms with Gasteiger partial charge in [0.1, 0.15) is 0 Å². The van der Waals surface area contributed by atoms with Gasteiger partial charge in [-0.3, -0.25) is 4.79 Å². The van der Waals surface area contributed by atoms with Gasteiger partial charge in [-0.15, -0.1) is 0 Å². The van der Waals surface area contributed by atoms with Crippen molar-refractivity contribution in [3.05, 3.63) is 48.0 Å². The number of benzene rings is 1. The van der Waals surface area contributed by atoms with Gasteiger partial charge in [-0.1, -0.05) is 43.8 Å². The van der Waals surface area contributed by atoms with Crippen molar-refractivity contribution in [3.8, 4) is 0 Å². The molecule has 1 atom stereocenters. The molecule has 0 amide bonds. The summed E-state index contributed by atoms with van der Waals surface area (Å²) in [6.45, 7) is 5.42. The minimum atomic E-state index is -0.734. The molecule has 1 unspecified atom stereocenters. The predicted molar refractivity (Wildman–Crippen MR) is 56.2 cm³/mol. The van der Waals surface area contributed by atoms with E-state index in [2.05, 4.69) is 6.58 Å². The van der Waals surface area contributed by atoms with E-state index in [0.29, 0.717) is 12.0 Å². The topological polar surface area (TPSA) is 37.3 Å². The first-order valence-corrected chi connectivity index (χ1v) is 4.63. The Bertz CT molecular complexity index is 327. The van der Waals surface area contributed by atoms with Gasteiger partial charge < -0.3 is 5.11 Å². The molecule has 0 bridgehead atoms. The predicted octanol–water partition coefficient (Wildman–Crippen LogP) is 2.20. The van der Waals surface area contributed by atoms with Gasteiger partial charge in [0, 0.05) is 11.1 Å². The molecule has 0 spiro atoms. The minimum absolute atomic E-state index is 0.181.